The fourth-order valence-electron chi connectivity index (χ4n) is 3.21. The number of ether oxygens (including phenoxy) is 2. The van der Waals surface area contributed by atoms with Crippen LogP contribution in [0.5, 0.6) is 11.5 Å². The third kappa shape index (κ3) is 3.41. The van der Waals surface area contributed by atoms with Gasteiger partial charge in [-0.1, -0.05) is 11.6 Å². The summed E-state index contributed by atoms with van der Waals surface area (Å²) in [6.07, 6.45) is 0.708. The topological polar surface area (TPSA) is 77.7 Å². The van der Waals surface area contributed by atoms with Crippen LogP contribution >= 0.6 is 11.6 Å². The van der Waals surface area contributed by atoms with E-state index in [9.17, 15) is 4.79 Å². The highest BCUT2D eigenvalue weighted by atomic mass is 35.5. The van der Waals surface area contributed by atoms with Crippen LogP contribution in [0, 0.1) is 0 Å². The summed E-state index contributed by atoms with van der Waals surface area (Å²) < 4.78 is 16.3. The summed E-state index contributed by atoms with van der Waals surface area (Å²) in [4.78, 5) is 14.5. The minimum Gasteiger partial charge on any atom is -0.493 e. The number of halogens is 1. The number of aromatic nitrogens is 2. The molecular weight excluding hydrogens is 382 g/mol. The number of methoxy groups -OCH3 is 2. The number of amides is 1. The van der Waals surface area contributed by atoms with Crippen molar-refractivity contribution < 1.29 is 18.7 Å². The molecule has 4 rings (SSSR count). The first-order chi connectivity index (χ1) is 13.6. The van der Waals surface area contributed by atoms with Gasteiger partial charge in [-0.25, -0.2) is 0 Å². The summed E-state index contributed by atoms with van der Waals surface area (Å²) >= 11 is 5.89. The molecule has 144 valence electrons. The van der Waals surface area contributed by atoms with Crippen molar-refractivity contribution in [2.75, 3.05) is 20.8 Å². The largest absolute Gasteiger partial charge is 0.493 e. The minimum absolute atomic E-state index is 0.0334. The molecule has 3 aromatic rings. The summed E-state index contributed by atoms with van der Waals surface area (Å²) in [6, 6.07) is 10.8. The average Bonchev–Trinajstić information content (AvgIpc) is 3.22. The maximum atomic E-state index is 12.8. The Kier molecular flexibility index (Phi) is 4.92. The molecule has 0 radical (unpaired) electrons. The molecule has 0 N–H and O–H groups in total. The van der Waals surface area contributed by atoms with Crippen molar-refractivity contribution in [3.63, 3.8) is 0 Å². The van der Waals surface area contributed by atoms with Gasteiger partial charge >= 0.3 is 11.8 Å². The maximum Gasteiger partial charge on any atom is 0.311 e. The van der Waals surface area contributed by atoms with Crippen molar-refractivity contribution in [1.82, 2.24) is 15.1 Å². The average molecular weight is 400 g/mol. The van der Waals surface area contributed by atoms with Gasteiger partial charge in [0.25, 0.3) is 0 Å². The second-order valence-corrected chi connectivity index (χ2v) is 6.81. The van der Waals surface area contributed by atoms with Gasteiger partial charge in [-0.05, 0) is 53.9 Å². The first-order valence-corrected chi connectivity index (χ1v) is 9.09. The Hall–Kier alpha value is -3.06. The highest BCUT2D eigenvalue weighted by Gasteiger charge is 2.27. The first kappa shape index (κ1) is 18.3. The van der Waals surface area contributed by atoms with E-state index in [2.05, 4.69) is 10.2 Å². The van der Waals surface area contributed by atoms with Crippen LogP contribution in [0.25, 0.3) is 11.5 Å². The van der Waals surface area contributed by atoms with E-state index in [1.54, 1.807) is 43.4 Å². The Morgan fingerprint density at radius 3 is 2.43 bits per heavy atom. The van der Waals surface area contributed by atoms with Gasteiger partial charge in [-0.15, -0.1) is 10.2 Å². The van der Waals surface area contributed by atoms with E-state index < -0.39 is 0 Å². The predicted molar refractivity (Wildman–Crippen MR) is 103 cm³/mol. The third-order valence-corrected chi connectivity index (χ3v) is 4.96. The molecule has 0 bridgehead atoms. The van der Waals surface area contributed by atoms with E-state index in [0.717, 1.165) is 11.1 Å². The molecule has 1 aromatic heterocycles. The second-order valence-electron chi connectivity index (χ2n) is 6.37. The van der Waals surface area contributed by atoms with Gasteiger partial charge in [0.1, 0.15) is 0 Å². The lowest BCUT2D eigenvalue weighted by atomic mass is 9.98. The number of fused-ring (bicyclic) bond motifs is 1. The summed E-state index contributed by atoms with van der Waals surface area (Å²) in [5, 5.41) is 8.51. The van der Waals surface area contributed by atoms with Crippen molar-refractivity contribution in [2.24, 2.45) is 0 Å². The van der Waals surface area contributed by atoms with E-state index in [1.807, 2.05) is 12.1 Å². The van der Waals surface area contributed by atoms with Crippen LogP contribution < -0.4 is 9.47 Å². The smallest absolute Gasteiger partial charge is 0.311 e. The van der Waals surface area contributed by atoms with Gasteiger partial charge in [0.05, 0.1) is 14.2 Å². The van der Waals surface area contributed by atoms with Crippen LogP contribution in [0.1, 0.15) is 21.8 Å². The summed E-state index contributed by atoms with van der Waals surface area (Å²) in [7, 11) is 3.20. The Morgan fingerprint density at radius 2 is 1.75 bits per heavy atom. The van der Waals surface area contributed by atoms with Gasteiger partial charge in [-0.3, -0.25) is 4.79 Å². The van der Waals surface area contributed by atoms with Gasteiger partial charge in [0.2, 0.25) is 5.89 Å². The number of carbonyl (C=O) groups is 1. The number of rotatable bonds is 4. The number of nitrogens with zero attached hydrogens (tertiary/aromatic N) is 3. The number of carbonyl (C=O) groups excluding carboxylic acids is 1. The van der Waals surface area contributed by atoms with Crippen molar-refractivity contribution >= 4 is 17.5 Å². The van der Waals surface area contributed by atoms with Crippen molar-refractivity contribution in [3.8, 4) is 23.0 Å². The Morgan fingerprint density at radius 1 is 1.07 bits per heavy atom. The Balaban J connectivity index is 1.54. The van der Waals surface area contributed by atoms with E-state index in [4.69, 9.17) is 25.5 Å². The standard InChI is InChI=1S/C20H18ClN3O4/c1-26-16-9-13-7-8-24(11-14(13)10-17(16)27-2)20(25)19-23-22-18(28-19)12-3-5-15(21)6-4-12/h3-6,9-10H,7-8,11H2,1-2H3. The van der Waals surface area contributed by atoms with Crippen LogP contribution in [0.15, 0.2) is 40.8 Å². The molecule has 28 heavy (non-hydrogen) atoms. The first-order valence-electron chi connectivity index (χ1n) is 8.71. The van der Waals surface area contributed by atoms with Gasteiger partial charge in [-0.2, -0.15) is 0 Å². The molecule has 2 heterocycles. The van der Waals surface area contributed by atoms with Gasteiger partial charge in [0, 0.05) is 23.7 Å². The van der Waals surface area contributed by atoms with Crippen LogP contribution in [-0.4, -0.2) is 41.8 Å². The number of hydrogen-bond donors (Lipinski definition) is 0. The lowest BCUT2D eigenvalue weighted by Crippen LogP contribution is -2.36. The quantitative estimate of drug-likeness (QED) is 0.667. The molecule has 1 aliphatic rings. The number of hydrogen-bond acceptors (Lipinski definition) is 6. The lowest BCUT2D eigenvalue weighted by Gasteiger charge is -2.28. The van der Waals surface area contributed by atoms with Gasteiger partial charge in [0.15, 0.2) is 11.5 Å². The van der Waals surface area contributed by atoms with Crippen LogP contribution in [0.2, 0.25) is 5.02 Å². The molecule has 0 spiro atoms. The molecular formula is C20H18ClN3O4. The highest BCUT2D eigenvalue weighted by Crippen LogP contribution is 2.33. The predicted octanol–water partition coefficient (Wildman–Crippen LogP) is 3.61. The molecule has 7 nitrogen and oxygen atoms in total. The molecule has 1 aliphatic heterocycles. The SMILES string of the molecule is COc1cc2c(cc1OC)CN(C(=O)c1nnc(-c3ccc(Cl)cc3)o1)CC2. The molecule has 0 aliphatic carbocycles. The van der Waals surface area contributed by atoms with Crippen LogP contribution in [0.3, 0.4) is 0 Å². The monoisotopic (exact) mass is 399 g/mol. The lowest BCUT2D eigenvalue weighted by molar-refractivity contribution is 0.0694. The molecule has 0 unspecified atom stereocenters. The fourth-order valence-corrected chi connectivity index (χ4v) is 3.34. The maximum absolute atomic E-state index is 12.8. The molecule has 2 aromatic carbocycles. The highest BCUT2D eigenvalue weighted by molar-refractivity contribution is 6.30. The summed E-state index contributed by atoms with van der Waals surface area (Å²) in [5.41, 5.74) is 2.85. The van der Waals surface area contributed by atoms with Crippen LogP contribution in [-0.2, 0) is 13.0 Å². The molecule has 0 saturated heterocycles. The van der Waals surface area contributed by atoms with Gasteiger partial charge < -0.3 is 18.8 Å². The zero-order chi connectivity index (χ0) is 19.7. The third-order valence-electron chi connectivity index (χ3n) is 4.70. The molecule has 1 amide bonds. The van der Waals surface area contributed by atoms with Crippen molar-refractivity contribution in [2.45, 2.75) is 13.0 Å². The fraction of sp³-hybridized carbons (Fsp3) is 0.250. The Bertz CT molecular complexity index is 1020. The molecule has 0 saturated carbocycles. The van der Waals surface area contributed by atoms with E-state index >= 15 is 0 Å². The van der Waals surface area contributed by atoms with Crippen molar-refractivity contribution in [1.29, 1.82) is 0 Å². The Labute approximate surface area is 166 Å². The van der Waals surface area contributed by atoms with Crippen molar-refractivity contribution in [3.05, 3.63) is 58.4 Å². The molecule has 0 atom stereocenters. The van der Waals surface area contributed by atoms with E-state index in [0.29, 0.717) is 41.6 Å². The zero-order valence-corrected chi connectivity index (χ0v) is 16.2. The molecule has 0 fully saturated rings. The van der Waals surface area contributed by atoms with E-state index in [1.165, 1.54) is 0 Å². The summed E-state index contributed by atoms with van der Waals surface area (Å²) in [6.45, 7) is 0.993. The minimum atomic E-state index is -0.298. The normalized spacial score (nSPS) is 13.2. The van der Waals surface area contributed by atoms with E-state index in [-0.39, 0.29) is 17.7 Å². The zero-order valence-electron chi connectivity index (χ0n) is 15.4. The number of benzene rings is 2. The summed E-state index contributed by atoms with van der Waals surface area (Å²) in [5.74, 6) is 1.27. The second kappa shape index (κ2) is 7.52. The molecule has 8 heteroatoms. The van der Waals surface area contributed by atoms with Crippen LogP contribution in [0.4, 0.5) is 0 Å².